The first-order valence-electron chi connectivity index (χ1n) is 12.7. The third-order valence-electron chi connectivity index (χ3n) is 6.65. The van der Waals surface area contributed by atoms with Gasteiger partial charge in [0.15, 0.2) is 0 Å². The topological polar surface area (TPSA) is 97.0 Å². The van der Waals surface area contributed by atoms with Crippen molar-refractivity contribution in [3.63, 3.8) is 0 Å². The lowest BCUT2D eigenvalue weighted by Crippen LogP contribution is -2.56. The molecule has 37 heavy (non-hydrogen) atoms. The van der Waals surface area contributed by atoms with Crippen LogP contribution in [0.1, 0.15) is 69.7 Å². The number of amides is 3. The van der Waals surface area contributed by atoms with Crippen molar-refractivity contribution in [3.8, 4) is 5.75 Å². The fourth-order valence-corrected chi connectivity index (χ4v) is 4.32. The van der Waals surface area contributed by atoms with E-state index in [0.717, 1.165) is 36.0 Å². The van der Waals surface area contributed by atoms with Crippen molar-refractivity contribution < 1.29 is 23.9 Å². The van der Waals surface area contributed by atoms with Crippen LogP contribution in [-0.2, 0) is 14.3 Å². The molecule has 3 rings (SSSR count). The number of rotatable bonds is 8. The number of benzene rings is 2. The van der Waals surface area contributed by atoms with E-state index in [-0.39, 0.29) is 17.9 Å². The second-order valence-electron chi connectivity index (χ2n) is 10.6. The Labute approximate surface area is 219 Å². The molecule has 3 amide bonds. The lowest BCUT2D eigenvalue weighted by atomic mass is 9.87. The standard InChI is InChI=1S/C29H39N3O5/c1-18-10-8-13-24(19(18)2)25(26(33)31-21-14-16-23(36-7)17-15-21)32(22-11-9-12-22)27(34)20(3)30-28(35)37-29(4,5)6/h8,10,13-17,20,22,25H,9,11-12H2,1-7H3,(H,30,35)(H,31,33). The van der Waals surface area contributed by atoms with Gasteiger partial charge in [0, 0.05) is 11.7 Å². The van der Waals surface area contributed by atoms with Gasteiger partial charge in [0.05, 0.1) is 7.11 Å². The van der Waals surface area contributed by atoms with Crippen molar-refractivity contribution in [1.82, 2.24) is 10.2 Å². The van der Waals surface area contributed by atoms with Crippen molar-refractivity contribution in [3.05, 3.63) is 59.2 Å². The van der Waals surface area contributed by atoms with Crippen LogP contribution in [0.3, 0.4) is 0 Å². The molecule has 2 aromatic carbocycles. The Morgan fingerprint density at radius 2 is 1.68 bits per heavy atom. The van der Waals surface area contributed by atoms with Gasteiger partial charge in [0.25, 0.3) is 5.91 Å². The van der Waals surface area contributed by atoms with Gasteiger partial charge in [-0.25, -0.2) is 4.79 Å². The van der Waals surface area contributed by atoms with Gasteiger partial charge < -0.3 is 25.0 Å². The summed E-state index contributed by atoms with van der Waals surface area (Å²) in [7, 11) is 1.58. The van der Waals surface area contributed by atoms with Crippen LogP contribution in [0.4, 0.5) is 10.5 Å². The maximum Gasteiger partial charge on any atom is 0.408 e. The highest BCUT2D eigenvalue weighted by molar-refractivity contribution is 5.99. The van der Waals surface area contributed by atoms with Crippen molar-refractivity contribution in [2.24, 2.45) is 0 Å². The van der Waals surface area contributed by atoms with E-state index in [4.69, 9.17) is 9.47 Å². The van der Waals surface area contributed by atoms with Crippen LogP contribution in [-0.4, -0.2) is 47.6 Å². The Morgan fingerprint density at radius 1 is 1.03 bits per heavy atom. The molecule has 8 heteroatoms. The zero-order valence-electron chi connectivity index (χ0n) is 22.9. The maximum atomic E-state index is 13.9. The first-order chi connectivity index (χ1) is 17.4. The summed E-state index contributed by atoms with van der Waals surface area (Å²) in [6.07, 6.45) is 1.89. The smallest absolute Gasteiger partial charge is 0.408 e. The number of alkyl carbamates (subject to hydrolysis) is 1. The summed E-state index contributed by atoms with van der Waals surface area (Å²) >= 11 is 0. The minimum absolute atomic E-state index is 0.109. The van der Waals surface area contributed by atoms with Crippen LogP contribution >= 0.6 is 0 Å². The molecule has 1 saturated carbocycles. The minimum Gasteiger partial charge on any atom is -0.497 e. The SMILES string of the molecule is COc1ccc(NC(=O)C(c2cccc(C)c2C)N(C(=O)C(C)NC(=O)OC(C)(C)C)C2CCC2)cc1. The second-order valence-corrected chi connectivity index (χ2v) is 10.6. The van der Waals surface area contributed by atoms with Gasteiger partial charge >= 0.3 is 6.09 Å². The molecule has 8 nitrogen and oxygen atoms in total. The Morgan fingerprint density at radius 3 is 2.22 bits per heavy atom. The van der Waals surface area contributed by atoms with Crippen LogP contribution in [0.25, 0.3) is 0 Å². The van der Waals surface area contributed by atoms with E-state index in [1.54, 1.807) is 64.0 Å². The molecule has 2 unspecified atom stereocenters. The van der Waals surface area contributed by atoms with Crippen molar-refractivity contribution in [2.75, 3.05) is 12.4 Å². The summed E-state index contributed by atoms with van der Waals surface area (Å²) in [5.74, 6) is 0.0346. The molecular formula is C29H39N3O5. The number of nitrogens with one attached hydrogen (secondary N) is 2. The van der Waals surface area contributed by atoms with Gasteiger partial charge in [-0.3, -0.25) is 9.59 Å². The highest BCUT2D eigenvalue weighted by Crippen LogP contribution is 2.36. The number of nitrogens with zero attached hydrogens (tertiary/aromatic N) is 1. The zero-order valence-corrected chi connectivity index (χ0v) is 22.9. The molecule has 1 fully saturated rings. The summed E-state index contributed by atoms with van der Waals surface area (Å²) in [5.41, 5.74) is 2.64. The largest absolute Gasteiger partial charge is 0.497 e. The fourth-order valence-electron chi connectivity index (χ4n) is 4.32. The van der Waals surface area contributed by atoms with E-state index in [1.165, 1.54) is 0 Å². The molecule has 0 spiro atoms. The fraction of sp³-hybridized carbons (Fsp3) is 0.483. The van der Waals surface area contributed by atoms with E-state index in [9.17, 15) is 14.4 Å². The van der Waals surface area contributed by atoms with Gasteiger partial charge in [-0.15, -0.1) is 0 Å². The Balaban J connectivity index is 1.97. The van der Waals surface area contributed by atoms with Gasteiger partial charge in [0.1, 0.15) is 23.4 Å². The van der Waals surface area contributed by atoms with E-state index in [1.807, 2.05) is 32.0 Å². The van der Waals surface area contributed by atoms with E-state index >= 15 is 0 Å². The normalized spacial score (nSPS) is 15.1. The number of hydrogen-bond donors (Lipinski definition) is 2. The van der Waals surface area contributed by atoms with E-state index in [2.05, 4.69) is 10.6 Å². The van der Waals surface area contributed by atoms with Gasteiger partial charge in [-0.2, -0.15) is 0 Å². The molecule has 0 aliphatic heterocycles. The summed E-state index contributed by atoms with van der Waals surface area (Å²) in [5, 5.41) is 5.64. The first kappa shape index (κ1) is 28.0. The molecule has 0 bridgehead atoms. The molecule has 0 radical (unpaired) electrons. The van der Waals surface area contributed by atoms with Crippen molar-refractivity contribution in [2.45, 2.75) is 84.5 Å². The van der Waals surface area contributed by atoms with E-state index in [0.29, 0.717) is 11.4 Å². The molecule has 2 N–H and O–H groups in total. The maximum absolute atomic E-state index is 13.9. The molecule has 0 heterocycles. The number of ether oxygens (including phenoxy) is 2. The number of carbonyl (C=O) groups is 3. The number of hydrogen-bond acceptors (Lipinski definition) is 5. The van der Waals surface area contributed by atoms with Gasteiger partial charge in [-0.05, 0) is 102 Å². The number of aryl methyl sites for hydroxylation is 1. The lowest BCUT2D eigenvalue weighted by molar-refractivity contribution is -0.145. The molecule has 2 atom stereocenters. The molecular weight excluding hydrogens is 470 g/mol. The predicted molar refractivity (Wildman–Crippen MR) is 144 cm³/mol. The second kappa shape index (κ2) is 11.7. The van der Waals surface area contributed by atoms with Gasteiger partial charge in [-0.1, -0.05) is 18.2 Å². The molecule has 1 aliphatic rings. The number of carbonyl (C=O) groups excluding carboxylic acids is 3. The van der Waals surface area contributed by atoms with Crippen LogP contribution < -0.4 is 15.4 Å². The number of anilines is 1. The zero-order chi connectivity index (χ0) is 27.3. The molecule has 2 aromatic rings. The summed E-state index contributed by atoms with van der Waals surface area (Å²) in [6, 6.07) is 11.0. The highest BCUT2D eigenvalue weighted by atomic mass is 16.6. The van der Waals surface area contributed by atoms with E-state index < -0.39 is 23.8 Å². The summed E-state index contributed by atoms with van der Waals surface area (Å²) in [4.78, 5) is 41.9. The molecule has 1 aliphatic carbocycles. The average molecular weight is 510 g/mol. The van der Waals surface area contributed by atoms with Crippen LogP contribution in [0.15, 0.2) is 42.5 Å². The molecule has 200 valence electrons. The Kier molecular flexibility index (Phi) is 8.84. The summed E-state index contributed by atoms with van der Waals surface area (Å²) < 4.78 is 10.6. The summed E-state index contributed by atoms with van der Waals surface area (Å²) in [6.45, 7) is 10.9. The average Bonchev–Trinajstić information content (AvgIpc) is 2.78. The van der Waals surface area contributed by atoms with Crippen molar-refractivity contribution in [1.29, 1.82) is 0 Å². The van der Waals surface area contributed by atoms with Crippen LogP contribution in [0, 0.1) is 13.8 Å². The van der Waals surface area contributed by atoms with Crippen LogP contribution in [0.2, 0.25) is 0 Å². The van der Waals surface area contributed by atoms with Crippen LogP contribution in [0.5, 0.6) is 5.75 Å². The third-order valence-corrected chi connectivity index (χ3v) is 6.65. The Bertz CT molecular complexity index is 1120. The molecule has 0 aromatic heterocycles. The third kappa shape index (κ3) is 7.02. The minimum atomic E-state index is -0.878. The first-order valence-corrected chi connectivity index (χ1v) is 12.7. The van der Waals surface area contributed by atoms with Crippen molar-refractivity contribution >= 4 is 23.6 Å². The predicted octanol–water partition coefficient (Wildman–Crippen LogP) is 5.29. The highest BCUT2D eigenvalue weighted by Gasteiger charge is 2.41. The Hall–Kier alpha value is -3.55. The van der Waals surface area contributed by atoms with Gasteiger partial charge in [0.2, 0.25) is 5.91 Å². The number of methoxy groups -OCH3 is 1. The molecule has 0 saturated heterocycles. The lowest BCUT2D eigenvalue weighted by Gasteiger charge is -2.43. The monoisotopic (exact) mass is 509 g/mol. The quantitative estimate of drug-likeness (QED) is 0.504.